The number of halogens is 1. The molecule has 4 heteroatoms. The number of hydrogen-bond acceptors (Lipinski definition) is 2. The van der Waals surface area contributed by atoms with Gasteiger partial charge in [0.25, 0.3) is 0 Å². The van der Waals surface area contributed by atoms with Crippen molar-refractivity contribution in [3.63, 3.8) is 0 Å². The van der Waals surface area contributed by atoms with E-state index in [1.165, 1.54) is 0 Å². The first-order chi connectivity index (χ1) is 10.2. The zero-order valence-electron chi connectivity index (χ0n) is 11.9. The number of amides is 1. The molecule has 0 spiro atoms. The molecule has 0 bridgehead atoms. The second-order valence-electron chi connectivity index (χ2n) is 4.66. The van der Waals surface area contributed by atoms with Crippen molar-refractivity contribution in [3.05, 3.63) is 65.7 Å². The van der Waals surface area contributed by atoms with Crippen molar-refractivity contribution in [1.82, 2.24) is 0 Å². The van der Waals surface area contributed by atoms with Crippen LogP contribution in [0.4, 0.5) is 5.69 Å². The smallest absolute Gasteiger partial charge is 0.246 e. The largest absolute Gasteiger partial charge is 0.384 e. The Kier molecular flexibility index (Phi) is 5.78. The minimum Gasteiger partial charge on any atom is -0.384 e. The van der Waals surface area contributed by atoms with Crippen LogP contribution in [0, 0.1) is 0 Å². The molecule has 3 nitrogen and oxygen atoms in total. The highest BCUT2D eigenvalue weighted by molar-refractivity contribution is 6.32. The SMILES string of the molecule is COCCc1ccccc1NC(=O)C(Cl)c1ccccc1. The van der Waals surface area contributed by atoms with Gasteiger partial charge < -0.3 is 10.1 Å². The quantitative estimate of drug-likeness (QED) is 0.824. The summed E-state index contributed by atoms with van der Waals surface area (Å²) in [5, 5.41) is 2.18. The number of ether oxygens (including phenoxy) is 1. The molecule has 2 aromatic carbocycles. The van der Waals surface area contributed by atoms with Crippen LogP contribution >= 0.6 is 11.6 Å². The zero-order chi connectivity index (χ0) is 15.1. The highest BCUT2D eigenvalue weighted by Crippen LogP contribution is 2.23. The maximum absolute atomic E-state index is 12.3. The first-order valence-corrected chi connectivity index (χ1v) is 7.22. The van der Waals surface area contributed by atoms with Crippen LogP contribution in [0.15, 0.2) is 54.6 Å². The predicted molar refractivity (Wildman–Crippen MR) is 85.7 cm³/mol. The van der Waals surface area contributed by atoms with Crippen molar-refractivity contribution in [2.45, 2.75) is 11.8 Å². The molecule has 1 amide bonds. The van der Waals surface area contributed by atoms with E-state index in [2.05, 4.69) is 5.32 Å². The van der Waals surface area contributed by atoms with Crippen molar-refractivity contribution in [2.75, 3.05) is 19.0 Å². The van der Waals surface area contributed by atoms with Gasteiger partial charge in [-0.1, -0.05) is 48.5 Å². The van der Waals surface area contributed by atoms with Gasteiger partial charge in [0.15, 0.2) is 0 Å². The molecule has 0 fully saturated rings. The summed E-state index contributed by atoms with van der Waals surface area (Å²) in [5.41, 5.74) is 2.59. The van der Waals surface area contributed by atoms with Gasteiger partial charge in [0.05, 0.1) is 6.61 Å². The van der Waals surface area contributed by atoms with E-state index in [0.717, 1.165) is 23.2 Å². The molecule has 0 heterocycles. The van der Waals surface area contributed by atoms with Crippen molar-refractivity contribution >= 4 is 23.2 Å². The first kappa shape index (κ1) is 15.5. The lowest BCUT2D eigenvalue weighted by atomic mass is 10.1. The van der Waals surface area contributed by atoms with Crippen LogP contribution in [0.2, 0.25) is 0 Å². The van der Waals surface area contributed by atoms with Gasteiger partial charge in [-0.25, -0.2) is 0 Å². The van der Waals surface area contributed by atoms with Gasteiger partial charge in [-0.05, 0) is 23.6 Å². The van der Waals surface area contributed by atoms with Gasteiger partial charge in [0, 0.05) is 12.8 Å². The number of hydrogen-bond donors (Lipinski definition) is 1. The van der Waals surface area contributed by atoms with Crippen molar-refractivity contribution in [1.29, 1.82) is 0 Å². The number of nitrogens with one attached hydrogen (secondary N) is 1. The summed E-state index contributed by atoms with van der Waals surface area (Å²) in [5.74, 6) is -0.229. The molecule has 2 aromatic rings. The average Bonchev–Trinajstić information content (AvgIpc) is 2.54. The third kappa shape index (κ3) is 4.31. The Bertz CT molecular complexity index is 586. The fourth-order valence-corrected chi connectivity index (χ4v) is 2.24. The normalized spacial score (nSPS) is 11.9. The lowest BCUT2D eigenvalue weighted by Crippen LogP contribution is -2.18. The number of methoxy groups -OCH3 is 1. The molecule has 1 N–H and O–H groups in total. The van der Waals surface area contributed by atoms with E-state index in [0.29, 0.717) is 6.61 Å². The van der Waals surface area contributed by atoms with E-state index in [4.69, 9.17) is 16.3 Å². The van der Waals surface area contributed by atoms with Crippen LogP contribution in [0.5, 0.6) is 0 Å². The Hall–Kier alpha value is -1.84. The minimum atomic E-state index is -0.707. The fraction of sp³-hybridized carbons (Fsp3) is 0.235. The zero-order valence-corrected chi connectivity index (χ0v) is 12.6. The van der Waals surface area contributed by atoms with Crippen molar-refractivity contribution in [2.24, 2.45) is 0 Å². The van der Waals surface area contributed by atoms with Gasteiger partial charge in [0.1, 0.15) is 5.38 Å². The summed E-state index contributed by atoms with van der Waals surface area (Å²) < 4.78 is 5.08. The van der Waals surface area contributed by atoms with Crippen molar-refractivity contribution < 1.29 is 9.53 Å². The summed E-state index contributed by atoms with van der Waals surface area (Å²) in [6.07, 6.45) is 0.741. The molecule has 2 rings (SSSR count). The molecule has 0 aliphatic heterocycles. The van der Waals surface area contributed by atoms with Crippen LogP contribution in [-0.4, -0.2) is 19.6 Å². The molecule has 0 saturated carbocycles. The topological polar surface area (TPSA) is 38.3 Å². The lowest BCUT2D eigenvalue weighted by Gasteiger charge is -2.14. The molecule has 0 saturated heterocycles. The summed E-state index contributed by atoms with van der Waals surface area (Å²) in [4.78, 5) is 12.3. The number of benzene rings is 2. The number of alkyl halides is 1. The van der Waals surface area contributed by atoms with E-state index in [1.54, 1.807) is 7.11 Å². The summed E-state index contributed by atoms with van der Waals surface area (Å²) in [6.45, 7) is 0.607. The van der Waals surface area contributed by atoms with Gasteiger partial charge in [-0.2, -0.15) is 0 Å². The van der Waals surface area contributed by atoms with Gasteiger partial charge in [-0.15, -0.1) is 11.6 Å². The number of carbonyl (C=O) groups is 1. The van der Waals surface area contributed by atoms with E-state index >= 15 is 0 Å². The summed E-state index contributed by atoms with van der Waals surface area (Å²) in [7, 11) is 1.66. The standard InChI is InChI=1S/C17H18ClNO2/c1-21-12-11-13-7-5-6-10-15(13)19-17(20)16(18)14-8-3-2-4-9-14/h2-10,16H,11-12H2,1H3,(H,19,20). The number of rotatable bonds is 6. The van der Waals surface area contributed by atoms with E-state index in [1.807, 2.05) is 54.6 Å². The molecule has 21 heavy (non-hydrogen) atoms. The van der Waals surface area contributed by atoms with Gasteiger partial charge in [-0.3, -0.25) is 4.79 Å². The molecular formula is C17H18ClNO2. The molecular weight excluding hydrogens is 286 g/mol. The van der Waals surface area contributed by atoms with E-state index < -0.39 is 5.38 Å². The number of anilines is 1. The second-order valence-corrected chi connectivity index (χ2v) is 5.10. The van der Waals surface area contributed by atoms with Crippen molar-refractivity contribution in [3.8, 4) is 0 Å². The Morgan fingerprint density at radius 1 is 1.14 bits per heavy atom. The molecule has 0 aliphatic rings. The summed E-state index contributed by atoms with van der Waals surface area (Å²) in [6, 6.07) is 17.0. The third-order valence-electron chi connectivity index (χ3n) is 3.17. The number of carbonyl (C=O) groups excluding carboxylic acids is 1. The predicted octanol–water partition coefficient (Wildman–Crippen LogP) is 3.79. The fourth-order valence-electron chi connectivity index (χ4n) is 2.04. The first-order valence-electron chi connectivity index (χ1n) is 6.79. The lowest BCUT2D eigenvalue weighted by molar-refractivity contribution is -0.116. The van der Waals surface area contributed by atoms with Crippen LogP contribution in [-0.2, 0) is 16.0 Å². The minimum absolute atomic E-state index is 0.229. The monoisotopic (exact) mass is 303 g/mol. The maximum atomic E-state index is 12.3. The maximum Gasteiger partial charge on any atom is 0.246 e. The second kappa shape index (κ2) is 7.81. The van der Waals surface area contributed by atoms with Crippen LogP contribution in [0.25, 0.3) is 0 Å². The summed E-state index contributed by atoms with van der Waals surface area (Å²) >= 11 is 6.23. The highest BCUT2D eigenvalue weighted by Gasteiger charge is 2.18. The van der Waals surface area contributed by atoms with E-state index in [9.17, 15) is 4.79 Å². The average molecular weight is 304 g/mol. The Labute approximate surface area is 129 Å². The van der Waals surface area contributed by atoms with Gasteiger partial charge in [0.2, 0.25) is 5.91 Å². The Balaban J connectivity index is 2.09. The molecule has 0 radical (unpaired) electrons. The molecule has 0 aliphatic carbocycles. The molecule has 1 atom stereocenters. The highest BCUT2D eigenvalue weighted by atomic mass is 35.5. The third-order valence-corrected chi connectivity index (χ3v) is 3.62. The number of para-hydroxylation sites is 1. The van der Waals surface area contributed by atoms with Gasteiger partial charge >= 0.3 is 0 Å². The Morgan fingerprint density at radius 2 is 1.81 bits per heavy atom. The van der Waals surface area contributed by atoms with Crippen LogP contribution in [0.3, 0.4) is 0 Å². The molecule has 0 aromatic heterocycles. The Morgan fingerprint density at radius 3 is 2.52 bits per heavy atom. The van der Waals surface area contributed by atoms with E-state index in [-0.39, 0.29) is 5.91 Å². The molecule has 1 unspecified atom stereocenters. The van der Waals surface area contributed by atoms with Crippen LogP contribution < -0.4 is 5.32 Å². The van der Waals surface area contributed by atoms with Crippen LogP contribution in [0.1, 0.15) is 16.5 Å². The molecule has 110 valence electrons.